The lowest BCUT2D eigenvalue weighted by Gasteiger charge is -1.97. The van der Waals surface area contributed by atoms with E-state index >= 15 is 0 Å². The third-order valence-corrected chi connectivity index (χ3v) is 2.92. The Kier molecular flexibility index (Phi) is 3.95. The molecule has 0 amide bonds. The molecule has 0 spiro atoms. The van der Waals surface area contributed by atoms with Crippen LogP contribution in [0.3, 0.4) is 0 Å². The minimum Gasteiger partial charge on any atom is -0.508 e. The Morgan fingerprint density at radius 1 is 1.11 bits per heavy atom. The van der Waals surface area contributed by atoms with E-state index in [-0.39, 0.29) is 11.5 Å². The fraction of sp³-hybridized carbons (Fsp3) is 0. The molecule has 0 aliphatic heterocycles. The van der Waals surface area contributed by atoms with Gasteiger partial charge in [0.2, 0.25) is 0 Å². The SMILES string of the molecule is O=C(/C=C/c1cccc(Br)c1)c1ccc(O)cc1. The van der Waals surface area contributed by atoms with Gasteiger partial charge in [0, 0.05) is 10.0 Å². The largest absolute Gasteiger partial charge is 0.508 e. The van der Waals surface area contributed by atoms with Crippen molar-refractivity contribution in [3.05, 3.63) is 70.2 Å². The molecule has 0 aliphatic carbocycles. The number of ketones is 1. The van der Waals surface area contributed by atoms with Crippen LogP contribution in [0.2, 0.25) is 0 Å². The maximum atomic E-state index is 11.8. The molecule has 0 heterocycles. The summed E-state index contributed by atoms with van der Waals surface area (Å²) in [5.74, 6) is 0.0671. The fourth-order valence-corrected chi connectivity index (χ4v) is 1.92. The van der Waals surface area contributed by atoms with Crippen LogP contribution in [0.15, 0.2) is 59.1 Å². The smallest absolute Gasteiger partial charge is 0.185 e. The maximum absolute atomic E-state index is 11.8. The summed E-state index contributed by atoms with van der Waals surface area (Å²) in [6, 6.07) is 13.9. The lowest BCUT2D eigenvalue weighted by atomic mass is 10.1. The summed E-state index contributed by atoms with van der Waals surface area (Å²) in [5, 5.41) is 9.14. The molecule has 2 aromatic carbocycles. The highest BCUT2D eigenvalue weighted by atomic mass is 79.9. The van der Waals surface area contributed by atoms with Gasteiger partial charge in [-0.25, -0.2) is 0 Å². The summed E-state index contributed by atoms with van der Waals surface area (Å²) in [5.41, 5.74) is 1.51. The van der Waals surface area contributed by atoms with E-state index in [1.165, 1.54) is 18.2 Å². The number of allylic oxidation sites excluding steroid dienone is 1. The predicted molar refractivity (Wildman–Crippen MR) is 75.6 cm³/mol. The van der Waals surface area contributed by atoms with Crippen LogP contribution in [-0.2, 0) is 0 Å². The number of carbonyl (C=O) groups excluding carboxylic acids is 1. The second kappa shape index (κ2) is 5.65. The number of phenols is 1. The van der Waals surface area contributed by atoms with E-state index < -0.39 is 0 Å². The van der Waals surface area contributed by atoms with Crippen LogP contribution in [-0.4, -0.2) is 10.9 Å². The van der Waals surface area contributed by atoms with E-state index in [0.29, 0.717) is 5.56 Å². The van der Waals surface area contributed by atoms with Crippen molar-refractivity contribution >= 4 is 27.8 Å². The van der Waals surface area contributed by atoms with E-state index in [1.807, 2.05) is 24.3 Å². The zero-order valence-corrected chi connectivity index (χ0v) is 11.1. The third-order valence-electron chi connectivity index (χ3n) is 2.43. The highest BCUT2D eigenvalue weighted by Crippen LogP contribution is 2.14. The quantitative estimate of drug-likeness (QED) is 0.686. The molecule has 2 rings (SSSR count). The molecule has 90 valence electrons. The van der Waals surface area contributed by atoms with E-state index in [0.717, 1.165) is 10.0 Å². The summed E-state index contributed by atoms with van der Waals surface area (Å²) >= 11 is 3.38. The normalized spacial score (nSPS) is 10.7. The summed E-state index contributed by atoms with van der Waals surface area (Å²) in [6.07, 6.45) is 3.29. The Morgan fingerprint density at radius 2 is 1.83 bits per heavy atom. The van der Waals surface area contributed by atoms with Crippen molar-refractivity contribution in [2.75, 3.05) is 0 Å². The minimum atomic E-state index is -0.0880. The molecule has 0 bridgehead atoms. The summed E-state index contributed by atoms with van der Waals surface area (Å²) in [6.45, 7) is 0. The van der Waals surface area contributed by atoms with Gasteiger partial charge in [0.25, 0.3) is 0 Å². The Morgan fingerprint density at radius 3 is 2.50 bits per heavy atom. The van der Waals surface area contributed by atoms with Crippen molar-refractivity contribution in [1.29, 1.82) is 0 Å². The van der Waals surface area contributed by atoms with E-state index in [1.54, 1.807) is 18.2 Å². The van der Waals surface area contributed by atoms with Crippen molar-refractivity contribution in [3.8, 4) is 5.75 Å². The van der Waals surface area contributed by atoms with E-state index in [2.05, 4.69) is 15.9 Å². The zero-order valence-electron chi connectivity index (χ0n) is 9.51. The number of phenolic OH excluding ortho intramolecular Hbond substituents is 1. The fourth-order valence-electron chi connectivity index (χ4n) is 1.50. The first-order valence-corrected chi connectivity index (χ1v) is 6.21. The lowest BCUT2D eigenvalue weighted by Crippen LogP contribution is -1.92. The van der Waals surface area contributed by atoms with Crippen molar-refractivity contribution in [1.82, 2.24) is 0 Å². The topological polar surface area (TPSA) is 37.3 Å². The van der Waals surface area contributed by atoms with Gasteiger partial charge in [-0.15, -0.1) is 0 Å². The number of hydrogen-bond acceptors (Lipinski definition) is 2. The molecule has 0 fully saturated rings. The molecule has 0 radical (unpaired) electrons. The molecule has 0 saturated carbocycles. The van der Waals surface area contributed by atoms with Gasteiger partial charge >= 0.3 is 0 Å². The van der Waals surface area contributed by atoms with Gasteiger partial charge < -0.3 is 5.11 Å². The molecular formula is C15H11BrO2. The van der Waals surface area contributed by atoms with Gasteiger partial charge in [0.05, 0.1) is 0 Å². The van der Waals surface area contributed by atoms with Crippen LogP contribution in [0, 0.1) is 0 Å². The number of hydrogen-bond donors (Lipinski definition) is 1. The Labute approximate surface area is 114 Å². The van der Waals surface area contributed by atoms with E-state index in [4.69, 9.17) is 5.11 Å². The first-order valence-electron chi connectivity index (χ1n) is 5.42. The average Bonchev–Trinajstić information content (AvgIpc) is 2.37. The maximum Gasteiger partial charge on any atom is 0.185 e. The highest BCUT2D eigenvalue weighted by Gasteiger charge is 2.01. The van der Waals surface area contributed by atoms with Crippen LogP contribution in [0.25, 0.3) is 6.08 Å². The first-order chi connectivity index (χ1) is 8.65. The van der Waals surface area contributed by atoms with Gasteiger partial charge in [0.15, 0.2) is 5.78 Å². The van der Waals surface area contributed by atoms with Crippen LogP contribution in [0.1, 0.15) is 15.9 Å². The van der Waals surface area contributed by atoms with Crippen molar-refractivity contribution in [2.45, 2.75) is 0 Å². The first kappa shape index (κ1) is 12.6. The molecule has 3 heteroatoms. The monoisotopic (exact) mass is 302 g/mol. The third kappa shape index (κ3) is 3.31. The molecule has 18 heavy (non-hydrogen) atoms. The Hall–Kier alpha value is -1.87. The molecule has 0 unspecified atom stereocenters. The van der Waals surface area contributed by atoms with Gasteiger partial charge in [-0.3, -0.25) is 4.79 Å². The lowest BCUT2D eigenvalue weighted by molar-refractivity contribution is 0.104. The summed E-state index contributed by atoms with van der Waals surface area (Å²) in [7, 11) is 0. The average molecular weight is 303 g/mol. The molecule has 2 nitrogen and oxygen atoms in total. The molecule has 1 N–H and O–H groups in total. The molecule has 0 atom stereocenters. The molecular weight excluding hydrogens is 292 g/mol. The number of aromatic hydroxyl groups is 1. The Bertz CT molecular complexity index is 586. The van der Waals surface area contributed by atoms with E-state index in [9.17, 15) is 4.79 Å². The van der Waals surface area contributed by atoms with Crippen molar-refractivity contribution in [2.24, 2.45) is 0 Å². The predicted octanol–water partition coefficient (Wildman–Crippen LogP) is 4.05. The number of halogens is 1. The van der Waals surface area contributed by atoms with Crippen LogP contribution < -0.4 is 0 Å². The molecule has 0 saturated heterocycles. The highest BCUT2D eigenvalue weighted by molar-refractivity contribution is 9.10. The molecule has 0 aliphatic rings. The summed E-state index contributed by atoms with van der Waals surface area (Å²) < 4.78 is 0.974. The second-order valence-corrected chi connectivity index (χ2v) is 4.72. The number of benzene rings is 2. The molecule has 0 aromatic heterocycles. The zero-order chi connectivity index (χ0) is 13.0. The number of carbonyl (C=O) groups is 1. The van der Waals surface area contributed by atoms with Crippen LogP contribution >= 0.6 is 15.9 Å². The minimum absolute atomic E-state index is 0.0880. The van der Waals surface area contributed by atoms with Crippen LogP contribution in [0.5, 0.6) is 5.75 Å². The number of rotatable bonds is 3. The summed E-state index contributed by atoms with van der Waals surface area (Å²) in [4.78, 5) is 11.8. The molecule has 2 aromatic rings. The Balaban J connectivity index is 2.14. The second-order valence-electron chi connectivity index (χ2n) is 3.80. The van der Waals surface area contributed by atoms with Gasteiger partial charge in [0.1, 0.15) is 5.75 Å². The van der Waals surface area contributed by atoms with Gasteiger partial charge in [-0.2, -0.15) is 0 Å². The van der Waals surface area contributed by atoms with Crippen molar-refractivity contribution in [3.63, 3.8) is 0 Å². The van der Waals surface area contributed by atoms with Gasteiger partial charge in [-0.05, 0) is 48.0 Å². The standard InChI is InChI=1S/C15H11BrO2/c16-13-3-1-2-11(10-13)4-9-15(18)12-5-7-14(17)8-6-12/h1-10,17H/b9-4+. The van der Waals surface area contributed by atoms with Crippen LogP contribution in [0.4, 0.5) is 0 Å². The van der Waals surface area contributed by atoms with Gasteiger partial charge in [-0.1, -0.05) is 34.1 Å². The van der Waals surface area contributed by atoms with Crippen molar-refractivity contribution < 1.29 is 9.90 Å².